The Morgan fingerprint density at radius 1 is 1.44 bits per heavy atom. The fraction of sp³-hybridized carbons (Fsp3) is 0.615. The Kier molecular flexibility index (Phi) is 4.04. The molecule has 0 radical (unpaired) electrons. The van der Waals surface area contributed by atoms with Gasteiger partial charge in [0.05, 0.1) is 10.5 Å². The zero-order chi connectivity index (χ0) is 13.2. The average molecular weight is 267 g/mol. The topological polar surface area (TPSA) is 44.4 Å². The van der Waals surface area contributed by atoms with Crippen LogP contribution >= 0.6 is 11.3 Å². The Morgan fingerprint density at radius 3 is 2.67 bits per heavy atom. The van der Waals surface area contributed by atoms with Crippen molar-refractivity contribution in [1.29, 1.82) is 0 Å². The number of thiophene rings is 1. The minimum Gasteiger partial charge on any atom is -0.316 e. The van der Waals surface area contributed by atoms with Gasteiger partial charge in [-0.05, 0) is 37.8 Å². The smallest absolute Gasteiger partial charge is 0.244 e. The van der Waals surface area contributed by atoms with Crippen molar-refractivity contribution < 1.29 is 4.79 Å². The molecule has 18 heavy (non-hydrogen) atoms. The van der Waals surface area contributed by atoms with E-state index in [0.29, 0.717) is 0 Å². The van der Waals surface area contributed by atoms with E-state index in [2.05, 4.69) is 15.5 Å². The zero-order valence-electron chi connectivity index (χ0n) is 11.2. The third-order valence-corrected chi connectivity index (χ3v) is 4.48. The minimum atomic E-state index is -0.460. The molecule has 2 rings (SSSR count). The first kappa shape index (κ1) is 13.5. The summed E-state index contributed by atoms with van der Waals surface area (Å²) in [7, 11) is 0. The molecule has 1 aliphatic heterocycles. The van der Waals surface area contributed by atoms with Crippen LogP contribution in [0.15, 0.2) is 11.4 Å². The van der Waals surface area contributed by atoms with E-state index in [-0.39, 0.29) is 5.91 Å². The van der Waals surface area contributed by atoms with E-state index in [9.17, 15) is 4.79 Å². The van der Waals surface area contributed by atoms with Gasteiger partial charge in [-0.15, -0.1) is 11.3 Å². The summed E-state index contributed by atoms with van der Waals surface area (Å²) in [6, 6.07) is 2.03. The molecule has 0 spiro atoms. The number of carbonyl (C=O) groups is 1. The second kappa shape index (κ2) is 5.38. The Bertz CT molecular complexity index is 422. The molecule has 0 saturated carbocycles. The van der Waals surface area contributed by atoms with E-state index in [4.69, 9.17) is 0 Å². The lowest BCUT2D eigenvalue weighted by molar-refractivity contribution is -0.126. The summed E-state index contributed by atoms with van der Waals surface area (Å²) < 4.78 is 0. The first-order valence-electron chi connectivity index (χ1n) is 6.33. The first-order chi connectivity index (χ1) is 8.51. The summed E-state index contributed by atoms with van der Waals surface area (Å²) >= 11 is 1.58. The second-order valence-corrected chi connectivity index (χ2v) is 6.10. The monoisotopic (exact) mass is 267 g/mol. The molecule has 1 aromatic heterocycles. The van der Waals surface area contributed by atoms with Crippen LogP contribution in [-0.4, -0.2) is 42.5 Å². The van der Waals surface area contributed by atoms with Crippen LogP contribution < -0.4 is 10.6 Å². The fourth-order valence-corrected chi connectivity index (χ4v) is 2.94. The Morgan fingerprint density at radius 2 is 2.11 bits per heavy atom. The summed E-state index contributed by atoms with van der Waals surface area (Å²) in [6.45, 7) is 9.76. The molecule has 5 heteroatoms. The van der Waals surface area contributed by atoms with Gasteiger partial charge in [-0.3, -0.25) is 9.69 Å². The number of piperazine rings is 1. The molecule has 1 fully saturated rings. The van der Waals surface area contributed by atoms with Gasteiger partial charge in [-0.1, -0.05) is 0 Å². The summed E-state index contributed by atoms with van der Waals surface area (Å²) in [4.78, 5) is 14.7. The molecule has 1 saturated heterocycles. The van der Waals surface area contributed by atoms with Crippen LogP contribution in [0.1, 0.15) is 19.4 Å². The number of rotatable bonds is 3. The largest absolute Gasteiger partial charge is 0.316 e. The van der Waals surface area contributed by atoms with Crippen LogP contribution in [0.4, 0.5) is 5.00 Å². The van der Waals surface area contributed by atoms with Gasteiger partial charge in [0.2, 0.25) is 5.91 Å². The van der Waals surface area contributed by atoms with Crippen LogP contribution in [0.25, 0.3) is 0 Å². The number of amides is 1. The number of hydrogen-bond acceptors (Lipinski definition) is 4. The lowest BCUT2D eigenvalue weighted by Crippen LogP contribution is -2.58. The molecule has 0 aliphatic carbocycles. The molecule has 2 heterocycles. The molecule has 1 amide bonds. The Labute approximate surface area is 112 Å². The van der Waals surface area contributed by atoms with Crippen molar-refractivity contribution in [2.45, 2.75) is 26.3 Å². The highest BCUT2D eigenvalue weighted by molar-refractivity contribution is 7.14. The van der Waals surface area contributed by atoms with Gasteiger partial charge >= 0.3 is 0 Å². The number of nitrogens with zero attached hydrogens (tertiary/aromatic N) is 1. The number of nitrogens with one attached hydrogen (secondary N) is 2. The molecular formula is C13H21N3OS. The van der Waals surface area contributed by atoms with Crippen molar-refractivity contribution in [1.82, 2.24) is 10.2 Å². The minimum absolute atomic E-state index is 0.0787. The Hall–Kier alpha value is -0.910. The maximum Gasteiger partial charge on any atom is 0.244 e. The molecule has 0 aromatic carbocycles. The van der Waals surface area contributed by atoms with Gasteiger partial charge in [0.25, 0.3) is 0 Å². The Balaban J connectivity index is 2.04. The SMILES string of the molecule is Cc1ccsc1NC(=O)C(C)(C)N1CCNCC1. The predicted molar refractivity (Wildman–Crippen MR) is 76.2 cm³/mol. The van der Waals surface area contributed by atoms with Crippen molar-refractivity contribution in [3.8, 4) is 0 Å². The van der Waals surface area contributed by atoms with E-state index in [1.54, 1.807) is 11.3 Å². The molecule has 0 atom stereocenters. The van der Waals surface area contributed by atoms with E-state index < -0.39 is 5.54 Å². The van der Waals surface area contributed by atoms with Crippen molar-refractivity contribution in [2.24, 2.45) is 0 Å². The lowest BCUT2D eigenvalue weighted by Gasteiger charge is -2.39. The van der Waals surface area contributed by atoms with Gasteiger partial charge in [0.15, 0.2) is 0 Å². The predicted octanol–water partition coefficient (Wildman–Crippen LogP) is 1.68. The molecule has 2 N–H and O–H groups in total. The van der Waals surface area contributed by atoms with E-state index >= 15 is 0 Å². The summed E-state index contributed by atoms with van der Waals surface area (Å²) in [5, 5.41) is 9.32. The summed E-state index contributed by atoms with van der Waals surface area (Å²) in [5.74, 6) is 0.0787. The van der Waals surface area contributed by atoms with Gasteiger partial charge in [-0.25, -0.2) is 0 Å². The van der Waals surface area contributed by atoms with Crippen molar-refractivity contribution in [2.75, 3.05) is 31.5 Å². The molecule has 1 aromatic rings. The van der Waals surface area contributed by atoms with Gasteiger partial charge in [0, 0.05) is 26.2 Å². The van der Waals surface area contributed by atoms with Crippen LogP contribution in [-0.2, 0) is 4.79 Å². The maximum absolute atomic E-state index is 12.4. The number of hydrogen-bond donors (Lipinski definition) is 2. The van der Waals surface area contributed by atoms with Crippen molar-refractivity contribution in [3.63, 3.8) is 0 Å². The van der Waals surface area contributed by atoms with Gasteiger partial charge in [0.1, 0.15) is 0 Å². The van der Waals surface area contributed by atoms with Gasteiger partial charge in [-0.2, -0.15) is 0 Å². The van der Waals surface area contributed by atoms with Crippen LogP contribution in [0.2, 0.25) is 0 Å². The zero-order valence-corrected chi connectivity index (χ0v) is 12.1. The standard InChI is InChI=1S/C13H21N3OS/c1-10-4-9-18-11(10)15-12(17)13(2,3)16-7-5-14-6-8-16/h4,9,14H,5-8H2,1-3H3,(H,15,17). The van der Waals surface area contributed by atoms with Gasteiger partial charge < -0.3 is 10.6 Å². The summed E-state index contributed by atoms with van der Waals surface area (Å²) in [5.41, 5.74) is 0.669. The third-order valence-electron chi connectivity index (χ3n) is 3.55. The highest BCUT2D eigenvalue weighted by Crippen LogP contribution is 2.24. The fourth-order valence-electron chi connectivity index (χ4n) is 2.12. The number of anilines is 1. The van der Waals surface area contributed by atoms with Crippen LogP contribution in [0, 0.1) is 6.92 Å². The van der Waals surface area contributed by atoms with E-state index in [1.165, 1.54) is 0 Å². The average Bonchev–Trinajstić information content (AvgIpc) is 2.76. The maximum atomic E-state index is 12.4. The van der Waals surface area contributed by atoms with Crippen molar-refractivity contribution in [3.05, 3.63) is 17.0 Å². The number of carbonyl (C=O) groups excluding carboxylic acids is 1. The van der Waals surface area contributed by atoms with E-state index in [0.717, 1.165) is 36.7 Å². The quantitative estimate of drug-likeness (QED) is 0.876. The number of aryl methyl sites for hydroxylation is 1. The highest BCUT2D eigenvalue weighted by atomic mass is 32.1. The molecule has 100 valence electrons. The third kappa shape index (κ3) is 2.74. The lowest BCUT2D eigenvalue weighted by atomic mass is 10.0. The molecule has 4 nitrogen and oxygen atoms in total. The summed E-state index contributed by atoms with van der Waals surface area (Å²) in [6.07, 6.45) is 0. The molecule has 0 unspecified atom stereocenters. The normalized spacial score (nSPS) is 17.7. The molecular weight excluding hydrogens is 246 g/mol. The molecule has 0 bridgehead atoms. The van der Waals surface area contributed by atoms with Crippen LogP contribution in [0.5, 0.6) is 0 Å². The van der Waals surface area contributed by atoms with E-state index in [1.807, 2.05) is 32.2 Å². The first-order valence-corrected chi connectivity index (χ1v) is 7.21. The van der Waals surface area contributed by atoms with Crippen molar-refractivity contribution >= 4 is 22.2 Å². The highest BCUT2D eigenvalue weighted by Gasteiger charge is 2.35. The second-order valence-electron chi connectivity index (χ2n) is 5.18. The van der Waals surface area contributed by atoms with Crippen LogP contribution in [0.3, 0.4) is 0 Å². The molecule has 1 aliphatic rings.